The summed E-state index contributed by atoms with van der Waals surface area (Å²) >= 11 is 0. The van der Waals surface area contributed by atoms with E-state index in [1.165, 1.54) is 12.1 Å². The molecule has 0 amide bonds. The predicted molar refractivity (Wildman–Crippen MR) is 99.9 cm³/mol. The molecule has 1 aliphatic rings. The average molecular weight is 377 g/mol. The first-order valence-corrected chi connectivity index (χ1v) is 10.4. The third kappa shape index (κ3) is 4.69. The maximum absolute atomic E-state index is 13.3. The lowest BCUT2D eigenvalue weighted by Crippen LogP contribution is -2.44. The molecule has 0 aromatic heterocycles. The summed E-state index contributed by atoms with van der Waals surface area (Å²) in [5.74, 6) is -0.348. The Kier molecular flexibility index (Phi) is 5.75. The van der Waals surface area contributed by atoms with Gasteiger partial charge in [0.05, 0.1) is 5.75 Å². The van der Waals surface area contributed by atoms with Gasteiger partial charge in [-0.3, -0.25) is 0 Å². The zero-order valence-electron chi connectivity index (χ0n) is 14.9. The lowest BCUT2D eigenvalue weighted by atomic mass is 9.74. The summed E-state index contributed by atoms with van der Waals surface area (Å²) in [4.78, 5) is 0. The van der Waals surface area contributed by atoms with Crippen molar-refractivity contribution in [1.82, 2.24) is 4.72 Å². The van der Waals surface area contributed by atoms with E-state index >= 15 is 0 Å². The third-order valence-electron chi connectivity index (χ3n) is 5.01. The van der Waals surface area contributed by atoms with Gasteiger partial charge in [-0.2, -0.15) is 0 Å². The van der Waals surface area contributed by atoms with Crippen LogP contribution in [0.15, 0.2) is 48.5 Å². The Balaban J connectivity index is 1.74. The molecule has 1 N–H and O–H groups in total. The molecular weight excluding hydrogens is 353 g/mol. The van der Waals surface area contributed by atoms with E-state index < -0.39 is 10.0 Å². The highest BCUT2D eigenvalue weighted by molar-refractivity contribution is 7.88. The summed E-state index contributed by atoms with van der Waals surface area (Å²) in [7, 11) is -3.47. The molecule has 6 heteroatoms. The van der Waals surface area contributed by atoms with Gasteiger partial charge in [0.1, 0.15) is 5.82 Å². The van der Waals surface area contributed by atoms with Crippen LogP contribution in [0.1, 0.15) is 29.5 Å². The van der Waals surface area contributed by atoms with Crippen molar-refractivity contribution < 1.29 is 17.5 Å². The molecule has 4 nitrogen and oxygen atoms in total. The van der Waals surface area contributed by atoms with Crippen molar-refractivity contribution in [2.75, 3.05) is 19.8 Å². The average Bonchev–Trinajstić information content (AvgIpc) is 2.63. The van der Waals surface area contributed by atoms with Crippen LogP contribution >= 0.6 is 0 Å². The molecule has 0 aliphatic carbocycles. The summed E-state index contributed by atoms with van der Waals surface area (Å²) < 4.78 is 46.6. The van der Waals surface area contributed by atoms with Gasteiger partial charge in [-0.1, -0.05) is 42.0 Å². The molecule has 0 radical (unpaired) electrons. The van der Waals surface area contributed by atoms with Crippen molar-refractivity contribution in [1.29, 1.82) is 0 Å². The van der Waals surface area contributed by atoms with Crippen molar-refractivity contribution >= 4 is 10.0 Å². The summed E-state index contributed by atoms with van der Waals surface area (Å²) in [6.07, 6.45) is 1.40. The molecule has 1 aliphatic heterocycles. The topological polar surface area (TPSA) is 55.4 Å². The molecule has 26 heavy (non-hydrogen) atoms. The fraction of sp³-hybridized carbons (Fsp3) is 0.400. The van der Waals surface area contributed by atoms with Crippen LogP contribution in [0.3, 0.4) is 0 Å². The molecule has 2 aromatic carbocycles. The van der Waals surface area contributed by atoms with E-state index in [1.807, 2.05) is 31.2 Å². The van der Waals surface area contributed by atoms with E-state index in [0.29, 0.717) is 26.1 Å². The zero-order chi connectivity index (χ0) is 18.6. The lowest BCUT2D eigenvalue weighted by molar-refractivity contribution is 0.0517. The summed E-state index contributed by atoms with van der Waals surface area (Å²) in [5, 5.41) is 0. The minimum absolute atomic E-state index is 0.0523. The zero-order valence-corrected chi connectivity index (χ0v) is 15.7. The third-order valence-corrected chi connectivity index (χ3v) is 6.31. The number of rotatable bonds is 6. The minimum Gasteiger partial charge on any atom is -0.381 e. The first-order valence-electron chi connectivity index (χ1n) is 8.75. The highest BCUT2D eigenvalue weighted by Gasteiger charge is 2.35. The van der Waals surface area contributed by atoms with Crippen molar-refractivity contribution in [2.45, 2.75) is 30.9 Å². The molecular formula is C20H24FNO3S. The van der Waals surface area contributed by atoms with E-state index in [4.69, 9.17) is 4.74 Å². The maximum atomic E-state index is 13.3. The number of hydrogen-bond donors (Lipinski definition) is 1. The van der Waals surface area contributed by atoms with Gasteiger partial charge in [0.15, 0.2) is 0 Å². The van der Waals surface area contributed by atoms with E-state index in [0.717, 1.165) is 16.7 Å². The Bertz CT molecular complexity index is 826. The van der Waals surface area contributed by atoms with Gasteiger partial charge in [-0.05, 0) is 43.0 Å². The molecule has 140 valence electrons. The number of sulfonamides is 1. The van der Waals surface area contributed by atoms with Crippen LogP contribution in [0, 0.1) is 12.7 Å². The largest absolute Gasteiger partial charge is 0.381 e. The van der Waals surface area contributed by atoms with Gasteiger partial charge in [0.25, 0.3) is 0 Å². The lowest BCUT2D eigenvalue weighted by Gasteiger charge is -2.38. The van der Waals surface area contributed by atoms with Crippen molar-refractivity contribution in [3.05, 3.63) is 71.0 Å². The Morgan fingerprint density at radius 3 is 2.27 bits per heavy atom. The number of benzene rings is 2. The summed E-state index contributed by atoms with van der Waals surface area (Å²) in [6, 6.07) is 13.8. The van der Waals surface area contributed by atoms with Gasteiger partial charge in [0.2, 0.25) is 10.0 Å². The molecule has 1 heterocycles. The molecule has 3 rings (SSSR count). The van der Waals surface area contributed by atoms with Gasteiger partial charge in [0, 0.05) is 25.2 Å². The van der Waals surface area contributed by atoms with Crippen LogP contribution in [0.5, 0.6) is 0 Å². The Morgan fingerprint density at radius 2 is 1.65 bits per heavy atom. The minimum atomic E-state index is -3.47. The normalized spacial score (nSPS) is 17.2. The Morgan fingerprint density at radius 1 is 1.04 bits per heavy atom. The standard InChI is InChI=1S/C20H24FNO3S/c1-16-2-4-17(5-3-16)14-26(23,24)22-15-20(10-12-25-13-11-20)18-6-8-19(21)9-7-18/h2-9,22H,10-15H2,1H3. The van der Waals surface area contributed by atoms with Crippen molar-refractivity contribution in [2.24, 2.45) is 0 Å². The van der Waals surface area contributed by atoms with E-state index in [9.17, 15) is 12.8 Å². The first kappa shape index (κ1) is 19.0. The van der Waals surface area contributed by atoms with Gasteiger partial charge in [-0.15, -0.1) is 0 Å². The number of halogens is 1. The second-order valence-electron chi connectivity index (χ2n) is 6.97. The summed E-state index contributed by atoms with van der Waals surface area (Å²) in [6.45, 7) is 3.39. The van der Waals surface area contributed by atoms with Gasteiger partial charge >= 0.3 is 0 Å². The highest BCUT2D eigenvalue weighted by atomic mass is 32.2. The molecule has 1 fully saturated rings. The second-order valence-corrected chi connectivity index (χ2v) is 8.77. The molecule has 0 unspecified atom stereocenters. The van der Waals surface area contributed by atoms with E-state index in [1.54, 1.807) is 12.1 Å². The highest BCUT2D eigenvalue weighted by Crippen LogP contribution is 2.34. The van der Waals surface area contributed by atoms with Crippen LogP contribution in [0.2, 0.25) is 0 Å². The van der Waals surface area contributed by atoms with Crippen LogP contribution in [0.25, 0.3) is 0 Å². The van der Waals surface area contributed by atoms with E-state index in [2.05, 4.69) is 4.72 Å². The van der Waals surface area contributed by atoms with Gasteiger partial charge < -0.3 is 4.74 Å². The fourth-order valence-electron chi connectivity index (χ4n) is 3.34. The van der Waals surface area contributed by atoms with Crippen molar-refractivity contribution in [3.8, 4) is 0 Å². The summed E-state index contributed by atoms with van der Waals surface area (Å²) in [5.41, 5.74) is 2.43. The molecule has 1 saturated heterocycles. The van der Waals surface area contributed by atoms with Crippen LogP contribution < -0.4 is 4.72 Å². The molecule has 0 spiro atoms. The Labute approximate surface area is 154 Å². The van der Waals surface area contributed by atoms with Crippen LogP contribution in [-0.4, -0.2) is 28.2 Å². The smallest absolute Gasteiger partial charge is 0.215 e. The monoisotopic (exact) mass is 377 g/mol. The molecule has 0 atom stereocenters. The maximum Gasteiger partial charge on any atom is 0.215 e. The second kappa shape index (κ2) is 7.86. The van der Waals surface area contributed by atoms with Crippen LogP contribution in [-0.2, 0) is 25.9 Å². The SMILES string of the molecule is Cc1ccc(CS(=O)(=O)NCC2(c3ccc(F)cc3)CCOCC2)cc1. The van der Waals surface area contributed by atoms with Crippen molar-refractivity contribution in [3.63, 3.8) is 0 Å². The molecule has 0 bridgehead atoms. The molecule has 2 aromatic rings. The van der Waals surface area contributed by atoms with Gasteiger partial charge in [-0.25, -0.2) is 17.5 Å². The first-order chi connectivity index (χ1) is 12.4. The molecule has 0 saturated carbocycles. The fourth-order valence-corrected chi connectivity index (χ4v) is 4.57. The number of ether oxygens (including phenoxy) is 1. The number of hydrogen-bond acceptors (Lipinski definition) is 3. The van der Waals surface area contributed by atoms with E-state index in [-0.39, 0.29) is 23.5 Å². The predicted octanol–water partition coefficient (Wildman–Crippen LogP) is 3.30. The Hall–Kier alpha value is -1.76. The van der Waals surface area contributed by atoms with Crippen LogP contribution in [0.4, 0.5) is 4.39 Å². The number of aryl methyl sites for hydroxylation is 1. The number of nitrogens with one attached hydrogen (secondary N) is 1. The quantitative estimate of drug-likeness (QED) is 0.840.